The summed E-state index contributed by atoms with van der Waals surface area (Å²) >= 11 is 3.47. The molecule has 0 radical (unpaired) electrons. The van der Waals surface area contributed by atoms with Gasteiger partial charge in [-0.15, -0.1) is 0 Å². The highest BCUT2D eigenvalue weighted by atomic mass is 79.9. The molecule has 4 nitrogen and oxygen atoms in total. The van der Waals surface area contributed by atoms with Gasteiger partial charge in [-0.2, -0.15) is 0 Å². The fourth-order valence-corrected chi connectivity index (χ4v) is 3.40. The maximum atomic E-state index is 12.3. The molecule has 23 heavy (non-hydrogen) atoms. The van der Waals surface area contributed by atoms with Gasteiger partial charge in [0.05, 0.1) is 11.3 Å². The predicted octanol–water partition coefficient (Wildman–Crippen LogP) is 4.76. The minimum Gasteiger partial charge on any atom is -0.367 e. The topological polar surface area (TPSA) is 54.0 Å². The normalized spacial score (nSPS) is 14.7. The standard InChI is InChI=1S/C18H20BrN3O/c1-12-6-8-16(15(19)10-12)22-18(23)13-7-9-17(20-11-13)21-14-4-2-3-5-14/h6-11,14H,2-5H2,1H3,(H,20,21)(H,22,23). The van der Waals surface area contributed by atoms with Crippen LogP contribution in [0, 0.1) is 6.92 Å². The minimum atomic E-state index is -0.158. The van der Waals surface area contributed by atoms with E-state index in [1.165, 1.54) is 25.7 Å². The smallest absolute Gasteiger partial charge is 0.257 e. The van der Waals surface area contributed by atoms with Crippen molar-refractivity contribution in [3.63, 3.8) is 0 Å². The highest BCUT2D eigenvalue weighted by Gasteiger charge is 2.15. The van der Waals surface area contributed by atoms with E-state index in [1.807, 2.05) is 37.3 Å². The molecule has 1 aliphatic rings. The number of aryl methyl sites for hydroxylation is 1. The Morgan fingerprint density at radius 2 is 2.00 bits per heavy atom. The van der Waals surface area contributed by atoms with E-state index in [9.17, 15) is 4.79 Å². The molecule has 1 aliphatic carbocycles. The van der Waals surface area contributed by atoms with E-state index in [2.05, 4.69) is 31.5 Å². The van der Waals surface area contributed by atoms with Gasteiger partial charge >= 0.3 is 0 Å². The molecule has 3 rings (SSSR count). The van der Waals surface area contributed by atoms with Crippen LogP contribution in [-0.2, 0) is 0 Å². The molecule has 1 aromatic carbocycles. The Hall–Kier alpha value is -1.88. The van der Waals surface area contributed by atoms with Crippen molar-refractivity contribution in [2.24, 2.45) is 0 Å². The van der Waals surface area contributed by atoms with Gasteiger partial charge in [0.25, 0.3) is 5.91 Å². The van der Waals surface area contributed by atoms with Gasteiger partial charge in [0.1, 0.15) is 5.82 Å². The lowest BCUT2D eigenvalue weighted by Gasteiger charge is -2.13. The average Bonchev–Trinajstić information content (AvgIpc) is 3.04. The lowest BCUT2D eigenvalue weighted by Crippen LogP contribution is -2.16. The third-order valence-electron chi connectivity index (χ3n) is 4.11. The van der Waals surface area contributed by atoms with Crippen molar-refractivity contribution in [2.45, 2.75) is 38.6 Å². The number of amides is 1. The number of rotatable bonds is 4. The summed E-state index contributed by atoms with van der Waals surface area (Å²) in [4.78, 5) is 16.7. The molecule has 2 aromatic rings. The molecule has 2 N–H and O–H groups in total. The van der Waals surface area contributed by atoms with E-state index < -0.39 is 0 Å². The van der Waals surface area contributed by atoms with Gasteiger partial charge in [0, 0.05) is 16.7 Å². The van der Waals surface area contributed by atoms with Gasteiger partial charge in [0.15, 0.2) is 0 Å². The molecule has 0 saturated heterocycles. The summed E-state index contributed by atoms with van der Waals surface area (Å²) in [5, 5.41) is 6.32. The number of nitrogens with one attached hydrogen (secondary N) is 2. The number of nitrogens with zero attached hydrogens (tertiary/aromatic N) is 1. The summed E-state index contributed by atoms with van der Waals surface area (Å²) in [6, 6.07) is 10.0. The van der Waals surface area contributed by atoms with Crippen LogP contribution in [-0.4, -0.2) is 16.9 Å². The van der Waals surface area contributed by atoms with Gasteiger partial charge in [-0.1, -0.05) is 18.9 Å². The van der Waals surface area contributed by atoms with Crippen LogP contribution in [0.15, 0.2) is 41.0 Å². The van der Waals surface area contributed by atoms with Crippen LogP contribution in [0.5, 0.6) is 0 Å². The molecule has 0 unspecified atom stereocenters. The average molecular weight is 374 g/mol. The Bertz CT molecular complexity index is 694. The number of benzene rings is 1. The molecule has 120 valence electrons. The zero-order chi connectivity index (χ0) is 16.2. The van der Waals surface area contributed by atoms with Crippen LogP contribution >= 0.6 is 15.9 Å². The molecule has 0 bridgehead atoms. The van der Waals surface area contributed by atoms with Crippen LogP contribution in [0.3, 0.4) is 0 Å². The minimum absolute atomic E-state index is 0.158. The Balaban J connectivity index is 1.65. The Labute approximate surface area is 144 Å². The maximum absolute atomic E-state index is 12.3. The summed E-state index contributed by atoms with van der Waals surface area (Å²) in [7, 11) is 0. The van der Waals surface area contributed by atoms with Gasteiger partial charge in [-0.3, -0.25) is 4.79 Å². The van der Waals surface area contributed by atoms with Gasteiger partial charge in [0.2, 0.25) is 0 Å². The lowest BCUT2D eigenvalue weighted by molar-refractivity contribution is 0.102. The highest BCUT2D eigenvalue weighted by molar-refractivity contribution is 9.10. The number of pyridine rings is 1. The molecule has 1 fully saturated rings. The van der Waals surface area contributed by atoms with E-state index in [-0.39, 0.29) is 5.91 Å². The number of hydrogen-bond donors (Lipinski definition) is 2. The summed E-state index contributed by atoms with van der Waals surface area (Å²) < 4.78 is 0.873. The van der Waals surface area contributed by atoms with Crippen LogP contribution in [0.25, 0.3) is 0 Å². The molecule has 0 spiro atoms. The first-order valence-corrected chi connectivity index (χ1v) is 8.71. The van der Waals surface area contributed by atoms with E-state index in [0.29, 0.717) is 11.6 Å². The summed E-state index contributed by atoms with van der Waals surface area (Å²) in [6.45, 7) is 2.01. The number of aromatic nitrogens is 1. The first-order valence-electron chi connectivity index (χ1n) is 7.92. The molecule has 0 atom stereocenters. The van der Waals surface area contributed by atoms with Crippen molar-refractivity contribution in [1.29, 1.82) is 0 Å². The Kier molecular flexibility index (Phi) is 4.96. The number of halogens is 1. The van der Waals surface area contributed by atoms with Crippen LogP contribution in [0.1, 0.15) is 41.6 Å². The fourth-order valence-electron chi connectivity index (χ4n) is 2.81. The zero-order valence-corrected chi connectivity index (χ0v) is 14.7. The molecule has 5 heteroatoms. The number of anilines is 2. The van der Waals surface area contributed by atoms with Crippen molar-refractivity contribution >= 4 is 33.3 Å². The lowest BCUT2D eigenvalue weighted by atomic mass is 10.2. The molecule has 1 aromatic heterocycles. The van der Waals surface area contributed by atoms with Crippen LogP contribution < -0.4 is 10.6 Å². The third kappa shape index (κ3) is 4.10. The van der Waals surface area contributed by atoms with Crippen LogP contribution in [0.2, 0.25) is 0 Å². The third-order valence-corrected chi connectivity index (χ3v) is 4.76. The van der Waals surface area contributed by atoms with Crippen molar-refractivity contribution in [3.8, 4) is 0 Å². The summed E-state index contributed by atoms with van der Waals surface area (Å²) in [5.41, 5.74) is 2.45. The van der Waals surface area contributed by atoms with E-state index >= 15 is 0 Å². The molecule has 0 aliphatic heterocycles. The number of hydrogen-bond acceptors (Lipinski definition) is 3. The van der Waals surface area contributed by atoms with Gasteiger partial charge in [-0.25, -0.2) is 4.98 Å². The van der Waals surface area contributed by atoms with Crippen molar-refractivity contribution in [3.05, 3.63) is 52.1 Å². The van der Waals surface area contributed by atoms with E-state index in [1.54, 1.807) is 6.20 Å². The zero-order valence-electron chi connectivity index (χ0n) is 13.1. The summed E-state index contributed by atoms with van der Waals surface area (Å²) in [5.74, 6) is 0.680. The summed E-state index contributed by atoms with van der Waals surface area (Å²) in [6.07, 6.45) is 6.58. The van der Waals surface area contributed by atoms with E-state index in [4.69, 9.17) is 0 Å². The van der Waals surface area contributed by atoms with Gasteiger partial charge in [-0.05, 0) is 65.5 Å². The number of carbonyl (C=O) groups excluding carboxylic acids is 1. The molecular formula is C18H20BrN3O. The second-order valence-corrected chi connectivity index (χ2v) is 6.85. The maximum Gasteiger partial charge on any atom is 0.257 e. The largest absolute Gasteiger partial charge is 0.367 e. The SMILES string of the molecule is Cc1ccc(NC(=O)c2ccc(NC3CCCC3)nc2)c(Br)c1. The fraction of sp³-hybridized carbons (Fsp3) is 0.333. The van der Waals surface area contributed by atoms with E-state index in [0.717, 1.165) is 21.5 Å². The molecule has 1 heterocycles. The van der Waals surface area contributed by atoms with Crippen molar-refractivity contribution < 1.29 is 4.79 Å². The molecule has 1 amide bonds. The first kappa shape index (κ1) is 16.0. The number of carbonyl (C=O) groups is 1. The second kappa shape index (κ2) is 7.13. The molecule has 1 saturated carbocycles. The van der Waals surface area contributed by atoms with Crippen molar-refractivity contribution in [1.82, 2.24) is 4.98 Å². The predicted molar refractivity (Wildman–Crippen MR) is 96.9 cm³/mol. The Morgan fingerprint density at radius 1 is 1.22 bits per heavy atom. The Morgan fingerprint density at radius 3 is 2.65 bits per heavy atom. The second-order valence-electron chi connectivity index (χ2n) is 6.00. The van der Waals surface area contributed by atoms with Crippen molar-refractivity contribution in [2.75, 3.05) is 10.6 Å². The van der Waals surface area contributed by atoms with Crippen LogP contribution in [0.4, 0.5) is 11.5 Å². The highest BCUT2D eigenvalue weighted by Crippen LogP contribution is 2.24. The van der Waals surface area contributed by atoms with Gasteiger partial charge < -0.3 is 10.6 Å². The quantitative estimate of drug-likeness (QED) is 0.811. The first-order chi connectivity index (χ1) is 11.1. The monoisotopic (exact) mass is 373 g/mol. The molecular weight excluding hydrogens is 354 g/mol.